The Kier molecular flexibility index (Phi) is 7.07. The van der Waals surface area contributed by atoms with Crippen molar-refractivity contribution in [2.45, 2.75) is 13.3 Å². The van der Waals surface area contributed by atoms with E-state index in [0.717, 1.165) is 23.3 Å². The van der Waals surface area contributed by atoms with E-state index in [-0.39, 0.29) is 5.57 Å². The minimum absolute atomic E-state index is 0.000827. The van der Waals surface area contributed by atoms with E-state index in [1.165, 1.54) is 6.20 Å². The molecule has 2 N–H and O–H groups in total. The minimum atomic E-state index is -0.477. The monoisotopic (exact) mass is 369 g/mol. The van der Waals surface area contributed by atoms with Crippen molar-refractivity contribution in [3.05, 3.63) is 70.4 Å². The van der Waals surface area contributed by atoms with Crippen LogP contribution in [0.25, 0.3) is 0 Å². The van der Waals surface area contributed by atoms with Crippen LogP contribution in [0.15, 0.2) is 54.2 Å². The number of amides is 1. The molecule has 0 atom stereocenters. The summed E-state index contributed by atoms with van der Waals surface area (Å²) in [7, 11) is 1.63. The molecule has 0 saturated carbocycles. The molecule has 2 rings (SSSR count). The van der Waals surface area contributed by atoms with Gasteiger partial charge >= 0.3 is 0 Å². The van der Waals surface area contributed by atoms with Crippen LogP contribution >= 0.6 is 11.6 Å². The number of ether oxygens (including phenoxy) is 1. The van der Waals surface area contributed by atoms with Gasteiger partial charge in [0.2, 0.25) is 0 Å². The second kappa shape index (κ2) is 9.50. The first kappa shape index (κ1) is 19.4. The molecule has 0 fully saturated rings. The maximum atomic E-state index is 12.2. The third-order valence-corrected chi connectivity index (χ3v) is 4.01. The van der Waals surface area contributed by atoms with Crippen molar-refractivity contribution < 1.29 is 9.53 Å². The van der Waals surface area contributed by atoms with Gasteiger partial charge in [-0.25, -0.2) is 0 Å². The average Bonchev–Trinajstić information content (AvgIpc) is 2.65. The fourth-order valence-corrected chi connectivity index (χ4v) is 2.42. The minimum Gasteiger partial charge on any atom is -0.497 e. The van der Waals surface area contributed by atoms with Gasteiger partial charge in [0.1, 0.15) is 17.4 Å². The second-order valence-corrected chi connectivity index (χ2v) is 6.07. The maximum Gasteiger partial charge on any atom is 0.267 e. The van der Waals surface area contributed by atoms with Crippen LogP contribution in [-0.4, -0.2) is 19.6 Å². The van der Waals surface area contributed by atoms with E-state index in [0.29, 0.717) is 17.3 Å². The standard InChI is InChI=1S/C20H20ClN3O2/c1-14-3-6-17(21)11-19(14)24-20(25)16(12-22)13-23-10-9-15-4-7-18(26-2)8-5-15/h3-8,11,13,23H,9-10H2,1-2H3,(H,24,25)/b16-13-. The fourth-order valence-electron chi connectivity index (χ4n) is 2.25. The molecule has 5 nitrogen and oxygen atoms in total. The van der Waals surface area contributed by atoms with Gasteiger partial charge < -0.3 is 15.4 Å². The highest BCUT2D eigenvalue weighted by atomic mass is 35.5. The molecule has 1 amide bonds. The number of aryl methyl sites for hydroxylation is 1. The molecule has 0 aromatic heterocycles. The topological polar surface area (TPSA) is 74.1 Å². The third kappa shape index (κ3) is 5.54. The molecule has 26 heavy (non-hydrogen) atoms. The Morgan fingerprint density at radius 1 is 1.27 bits per heavy atom. The number of nitrogens with zero attached hydrogens (tertiary/aromatic N) is 1. The van der Waals surface area contributed by atoms with Gasteiger partial charge in [-0.2, -0.15) is 5.26 Å². The van der Waals surface area contributed by atoms with Crippen molar-refractivity contribution in [3.8, 4) is 11.8 Å². The van der Waals surface area contributed by atoms with Crippen molar-refractivity contribution >= 4 is 23.2 Å². The zero-order valence-electron chi connectivity index (χ0n) is 14.7. The first-order valence-corrected chi connectivity index (χ1v) is 8.45. The Balaban J connectivity index is 1.91. The van der Waals surface area contributed by atoms with Gasteiger partial charge in [0.15, 0.2) is 0 Å². The van der Waals surface area contributed by atoms with Crippen LogP contribution in [0.1, 0.15) is 11.1 Å². The predicted octanol–water partition coefficient (Wildman–Crippen LogP) is 3.84. The number of anilines is 1. The molecule has 0 heterocycles. The lowest BCUT2D eigenvalue weighted by Crippen LogP contribution is -2.18. The number of carbonyl (C=O) groups excluding carboxylic acids is 1. The van der Waals surface area contributed by atoms with Crippen LogP contribution < -0.4 is 15.4 Å². The molecule has 0 unspecified atom stereocenters. The molecule has 0 aliphatic rings. The highest BCUT2D eigenvalue weighted by Crippen LogP contribution is 2.20. The third-order valence-electron chi connectivity index (χ3n) is 3.78. The van der Waals surface area contributed by atoms with Crippen molar-refractivity contribution in [1.29, 1.82) is 5.26 Å². The first-order chi connectivity index (χ1) is 12.5. The van der Waals surface area contributed by atoms with Gasteiger partial charge in [0.05, 0.1) is 7.11 Å². The zero-order valence-corrected chi connectivity index (χ0v) is 15.4. The molecule has 0 radical (unpaired) electrons. The largest absolute Gasteiger partial charge is 0.497 e. The summed E-state index contributed by atoms with van der Waals surface area (Å²) in [5, 5.41) is 15.4. The van der Waals surface area contributed by atoms with E-state index in [2.05, 4.69) is 10.6 Å². The summed E-state index contributed by atoms with van der Waals surface area (Å²) < 4.78 is 5.12. The van der Waals surface area contributed by atoms with E-state index >= 15 is 0 Å². The SMILES string of the molecule is COc1ccc(CCN/C=C(/C#N)C(=O)Nc2cc(Cl)ccc2C)cc1. The summed E-state index contributed by atoms with van der Waals surface area (Å²) in [6.07, 6.45) is 2.19. The van der Waals surface area contributed by atoms with E-state index < -0.39 is 5.91 Å². The molecule has 2 aromatic rings. The second-order valence-electron chi connectivity index (χ2n) is 5.64. The molecule has 134 valence electrons. The lowest BCUT2D eigenvalue weighted by Gasteiger charge is -2.08. The smallest absolute Gasteiger partial charge is 0.267 e. The van der Waals surface area contributed by atoms with Crippen molar-refractivity contribution in [2.75, 3.05) is 19.0 Å². The average molecular weight is 370 g/mol. The van der Waals surface area contributed by atoms with Gasteiger partial charge in [-0.1, -0.05) is 29.8 Å². The van der Waals surface area contributed by atoms with Crippen LogP contribution in [0.3, 0.4) is 0 Å². The summed E-state index contributed by atoms with van der Waals surface area (Å²) in [6, 6.07) is 14.9. The molecule has 2 aromatic carbocycles. The molecule has 0 aliphatic carbocycles. The zero-order chi connectivity index (χ0) is 18.9. The first-order valence-electron chi connectivity index (χ1n) is 8.07. The maximum absolute atomic E-state index is 12.2. The molecule has 6 heteroatoms. The van der Waals surface area contributed by atoms with E-state index in [1.54, 1.807) is 25.3 Å². The molecule has 0 aliphatic heterocycles. The van der Waals surface area contributed by atoms with Crippen molar-refractivity contribution in [2.24, 2.45) is 0 Å². The number of benzene rings is 2. The molecular weight excluding hydrogens is 350 g/mol. The number of nitriles is 1. The number of rotatable bonds is 7. The number of methoxy groups -OCH3 is 1. The van der Waals surface area contributed by atoms with E-state index in [9.17, 15) is 10.1 Å². The molecule has 0 spiro atoms. The van der Waals surface area contributed by atoms with E-state index in [1.807, 2.05) is 37.3 Å². The highest BCUT2D eigenvalue weighted by Gasteiger charge is 2.10. The summed E-state index contributed by atoms with van der Waals surface area (Å²) in [6.45, 7) is 2.45. The molecule has 0 saturated heterocycles. The lowest BCUT2D eigenvalue weighted by atomic mass is 10.1. The Morgan fingerprint density at radius 3 is 2.65 bits per heavy atom. The van der Waals surface area contributed by atoms with Gasteiger partial charge in [0.25, 0.3) is 5.91 Å². The Bertz CT molecular complexity index is 839. The van der Waals surface area contributed by atoms with Gasteiger partial charge in [0, 0.05) is 23.5 Å². The van der Waals surface area contributed by atoms with E-state index in [4.69, 9.17) is 16.3 Å². The lowest BCUT2D eigenvalue weighted by molar-refractivity contribution is -0.112. The van der Waals surface area contributed by atoms with Crippen LogP contribution in [0.2, 0.25) is 5.02 Å². The van der Waals surface area contributed by atoms with Crippen LogP contribution in [0.5, 0.6) is 5.75 Å². The molecule has 0 bridgehead atoms. The predicted molar refractivity (Wildman–Crippen MR) is 103 cm³/mol. The number of halogens is 1. The van der Waals surface area contributed by atoms with Crippen molar-refractivity contribution in [3.63, 3.8) is 0 Å². The fraction of sp³-hybridized carbons (Fsp3) is 0.200. The van der Waals surface area contributed by atoms with Gasteiger partial charge in [-0.15, -0.1) is 0 Å². The van der Waals surface area contributed by atoms with Crippen LogP contribution in [-0.2, 0) is 11.2 Å². The van der Waals surface area contributed by atoms with Crippen molar-refractivity contribution in [1.82, 2.24) is 5.32 Å². The highest BCUT2D eigenvalue weighted by molar-refractivity contribution is 6.31. The van der Waals surface area contributed by atoms with Crippen LogP contribution in [0, 0.1) is 18.3 Å². The summed E-state index contributed by atoms with van der Waals surface area (Å²) in [5.41, 5.74) is 2.58. The number of hydrogen-bond acceptors (Lipinski definition) is 4. The van der Waals surface area contributed by atoms with Crippen LogP contribution in [0.4, 0.5) is 5.69 Å². The summed E-state index contributed by atoms with van der Waals surface area (Å²) in [4.78, 5) is 12.2. The summed E-state index contributed by atoms with van der Waals surface area (Å²) >= 11 is 5.94. The normalized spacial score (nSPS) is 10.8. The number of carbonyl (C=O) groups is 1. The molecular formula is C20H20ClN3O2. The van der Waals surface area contributed by atoms with Gasteiger partial charge in [-0.3, -0.25) is 4.79 Å². The quantitative estimate of drug-likeness (QED) is 0.442. The summed E-state index contributed by atoms with van der Waals surface area (Å²) in [5.74, 6) is 0.330. The Morgan fingerprint density at radius 2 is 2.00 bits per heavy atom. The Labute approximate surface area is 158 Å². The Hall–Kier alpha value is -2.97. The number of hydrogen-bond donors (Lipinski definition) is 2. The van der Waals surface area contributed by atoms with Gasteiger partial charge in [-0.05, 0) is 48.7 Å². The number of nitrogens with one attached hydrogen (secondary N) is 2.